The highest BCUT2D eigenvalue weighted by molar-refractivity contribution is 7.80. The van der Waals surface area contributed by atoms with Gasteiger partial charge in [0.25, 0.3) is 0 Å². The summed E-state index contributed by atoms with van der Waals surface area (Å²) < 4.78 is 11.8. The van der Waals surface area contributed by atoms with Crippen LogP contribution in [0.4, 0.5) is 5.69 Å². The van der Waals surface area contributed by atoms with Crippen molar-refractivity contribution in [1.82, 2.24) is 10.3 Å². The molecule has 0 spiro atoms. The Morgan fingerprint density at radius 2 is 1.88 bits per heavy atom. The van der Waals surface area contributed by atoms with Crippen LogP contribution in [-0.2, 0) is 0 Å². The van der Waals surface area contributed by atoms with Gasteiger partial charge in [0.1, 0.15) is 23.3 Å². The van der Waals surface area contributed by atoms with Gasteiger partial charge in [-0.2, -0.15) is 0 Å². The van der Waals surface area contributed by atoms with Crippen molar-refractivity contribution in [3.05, 3.63) is 101 Å². The minimum atomic E-state index is -0.228. The number of pyridine rings is 1. The molecule has 5 rings (SSSR count). The van der Waals surface area contributed by atoms with Gasteiger partial charge in [0.05, 0.1) is 18.8 Å². The number of rotatable bonds is 5. The lowest BCUT2D eigenvalue weighted by Gasteiger charge is -2.26. The summed E-state index contributed by atoms with van der Waals surface area (Å²) in [7, 11) is 1.65. The van der Waals surface area contributed by atoms with Crippen molar-refractivity contribution in [3.63, 3.8) is 0 Å². The van der Waals surface area contributed by atoms with Crippen LogP contribution in [-0.4, -0.2) is 17.2 Å². The predicted molar refractivity (Wildman–Crippen MR) is 135 cm³/mol. The largest absolute Gasteiger partial charge is 0.497 e. The number of halogens is 1. The summed E-state index contributed by atoms with van der Waals surface area (Å²) in [6, 6.07) is 23.1. The molecular formula is C26H22ClN3O2S. The number of methoxy groups -OCH3 is 1. The molecule has 0 saturated carbocycles. The molecule has 7 heteroatoms. The molecule has 5 nitrogen and oxygen atoms in total. The third-order valence-electron chi connectivity index (χ3n) is 5.83. The number of hydrogen-bond acceptors (Lipinski definition) is 4. The van der Waals surface area contributed by atoms with Crippen LogP contribution in [0.5, 0.6) is 5.75 Å². The highest BCUT2D eigenvalue weighted by Crippen LogP contribution is 2.43. The van der Waals surface area contributed by atoms with Crippen molar-refractivity contribution in [2.45, 2.75) is 19.0 Å². The van der Waals surface area contributed by atoms with E-state index in [1.54, 1.807) is 13.3 Å². The number of benzene rings is 2. The third kappa shape index (κ3) is 4.08. The molecule has 0 radical (unpaired) electrons. The number of thiocarbonyl (C=S) groups is 1. The average Bonchev–Trinajstić information content (AvgIpc) is 3.46. The van der Waals surface area contributed by atoms with Crippen molar-refractivity contribution >= 4 is 34.6 Å². The zero-order valence-corrected chi connectivity index (χ0v) is 19.7. The van der Waals surface area contributed by atoms with Crippen molar-refractivity contribution in [2.24, 2.45) is 0 Å². The summed E-state index contributed by atoms with van der Waals surface area (Å²) in [5.41, 5.74) is 3.88. The summed E-state index contributed by atoms with van der Waals surface area (Å²) >= 11 is 12.0. The van der Waals surface area contributed by atoms with E-state index in [-0.39, 0.29) is 12.1 Å². The molecule has 3 heterocycles. The lowest BCUT2D eigenvalue weighted by Crippen LogP contribution is -2.29. The standard InChI is InChI=1S/C26H22ClN3O2S/c1-16-6-7-17(27)15-20(16)22-12-13-23(32-22)25-24(21-5-3-4-14-28-21)29-26(33)30(25)18-8-10-19(31-2)11-9-18/h3-15,24-25H,1-2H3,(H,29,33)/t24-,25-/m1/s1. The van der Waals surface area contributed by atoms with E-state index >= 15 is 0 Å². The Balaban J connectivity index is 1.60. The minimum absolute atomic E-state index is 0.180. The molecule has 2 aromatic heterocycles. The maximum Gasteiger partial charge on any atom is 0.174 e. The summed E-state index contributed by atoms with van der Waals surface area (Å²) in [6.45, 7) is 2.04. The third-order valence-corrected chi connectivity index (χ3v) is 6.38. The normalized spacial score (nSPS) is 17.8. The number of anilines is 1. The number of aryl methyl sites for hydroxylation is 1. The number of aromatic nitrogens is 1. The second-order valence-electron chi connectivity index (χ2n) is 7.86. The molecule has 166 valence electrons. The molecule has 1 aliphatic rings. The summed E-state index contributed by atoms with van der Waals surface area (Å²) in [5, 5.41) is 4.73. The SMILES string of the molecule is COc1ccc(N2C(=S)N[C@H](c3ccccn3)[C@H]2c2ccc(-c3cc(Cl)ccc3C)o2)cc1. The Kier molecular flexibility index (Phi) is 5.79. The molecule has 1 saturated heterocycles. The smallest absolute Gasteiger partial charge is 0.174 e. The highest BCUT2D eigenvalue weighted by atomic mass is 35.5. The van der Waals surface area contributed by atoms with Gasteiger partial charge in [0.15, 0.2) is 5.11 Å². The first-order chi connectivity index (χ1) is 16.0. The molecule has 0 amide bonds. The van der Waals surface area contributed by atoms with Gasteiger partial charge in [-0.15, -0.1) is 0 Å². The zero-order valence-electron chi connectivity index (χ0n) is 18.2. The fourth-order valence-corrected chi connectivity index (χ4v) is 4.70. The highest BCUT2D eigenvalue weighted by Gasteiger charge is 2.42. The van der Waals surface area contributed by atoms with Gasteiger partial charge in [-0.3, -0.25) is 4.98 Å². The van der Waals surface area contributed by atoms with Crippen molar-refractivity contribution in [2.75, 3.05) is 12.0 Å². The van der Waals surface area contributed by atoms with E-state index in [1.807, 2.05) is 79.7 Å². The molecule has 4 aromatic rings. The van der Waals surface area contributed by atoms with Crippen LogP contribution in [0.25, 0.3) is 11.3 Å². The lowest BCUT2D eigenvalue weighted by molar-refractivity contribution is 0.414. The fourth-order valence-electron chi connectivity index (χ4n) is 4.18. The first-order valence-corrected chi connectivity index (χ1v) is 11.3. The molecule has 0 unspecified atom stereocenters. The Labute approximate surface area is 203 Å². The number of hydrogen-bond donors (Lipinski definition) is 1. The Hall–Kier alpha value is -3.35. The average molecular weight is 476 g/mol. The van der Waals surface area contributed by atoms with E-state index in [0.717, 1.165) is 39.8 Å². The first kappa shape index (κ1) is 21.5. The predicted octanol–water partition coefficient (Wildman–Crippen LogP) is 6.49. The molecular weight excluding hydrogens is 454 g/mol. The summed E-state index contributed by atoms with van der Waals surface area (Å²) in [5.74, 6) is 2.33. The van der Waals surface area contributed by atoms with Gasteiger partial charge < -0.3 is 19.4 Å². The van der Waals surface area contributed by atoms with Gasteiger partial charge >= 0.3 is 0 Å². The van der Waals surface area contributed by atoms with Crippen molar-refractivity contribution in [1.29, 1.82) is 0 Å². The maximum absolute atomic E-state index is 6.43. The molecule has 0 bridgehead atoms. The molecule has 2 atom stereocenters. The number of nitrogens with one attached hydrogen (secondary N) is 1. The van der Waals surface area contributed by atoms with Crippen molar-refractivity contribution < 1.29 is 9.15 Å². The Bertz CT molecular complexity index is 1290. The van der Waals surface area contributed by atoms with E-state index in [9.17, 15) is 0 Å². The van der Waals surface area contributed by atoms with Crippen LogP contribution >= 0.6 is 23.8 Å². The van der Waals surface area contributed by atoms with E-state index < -0.39 is 0 Å². The van der Waals surface area contributed by atoms with Gasteiger partial charge in [0, 0.05) is 22.5 Å². The van der Waals surface area contributed by atoms with Gasteiger partial charge in [-0.1, -0.05) is 23.7 Å². The second kappa shape index (κ2) is 8.89. The van der Waals surface area contributed by atoms with Crippen LogP contribution in [0.1, 0.15) is 29.1 Å². The lowest BCUT2D eigenvalue weighted by atomic mass is 10.0. The second-order valence-corrected chi connectivity index (χ2v) is 8.68. The van der Waals surface area contributed by atoms with E-state index in [1.165, 1.54) is 0 Å². The van der Waals surface area contributed by atoms with E-state index in [0.29, 0.717) is 10.1 Å². The molecule has 2 aromatic carbocycles. The van der Waals surface area contributed by atoms with Crippen LogP contribution in [0.2, 0.25) is 5.02 Å². The van der Waals surface area contributed by atoms with Gasteiger partial charge in [0.2, 0.25) is 0 Å². The Morgan fingerprint density at radius 1 is 1.06 bits per heavy atom. The minimum Gasteiger partial charge on any atom is -0.497 e. The molecule has 1 N–H and O–H groups in total. The van der Waals surface area contributed by atoms with E-state index in [2.05, 4.69) is 15.2 Å². The Morgan fingerprint density at radius 3 is 2.61 bits per heavy atom. The van der Waals surface area contributed by atoms with Crippen molar-refractivity contribution in [3.8, 4) is 17.1 Å². The molecule has 33 heavy (non-hydrogen) atoms. The van der Waals surface area contributed by atoms with Gasteiger partial charge in [-0.05, 0) is 85.4 Å². The van der Waals surface area contributed by atoms with Gasteiger partial charge in [-0.25, -0.2) is 0 Å². The molecule has 1 fully saturated rings. The fraction of sp³-hybridized carbons (Fsp3) is 0.154. The number of ether oxygens (including phenoxy) is 1. The summed E-state index contributed by atoms with van der Waals surface area (Å²) in [6.07, 6.45) is 1.79. The summed E-state index contributed by atoms with van der Waals surface area (Å²) in [4.78, 5) is 6.66. The van der Waals surface area contributed by atoms with Crippen LogP contribution < -0.4 is 15.0 Å². The van der Waals surface area contributed by atoms with Crippen LogP contribution in [0.3, 0.4) is 0 Å². The monoisotopic (exact) mass is 475 g/mol. The number of nitrogens with zero attached hydrogens (tertiary/aromatic N) is 2. The van der Waals surface area contributed by atoms with E-state index in [4.69, 9.17) is 33.0 Å². The molecule has 0 aliphatic carbocycles. The topological polar surface area (TPSA) is 50.5 Å². The van der Waals surface area contributed by atoms with Crippen LogP contribution in [0.15, 0.2) is 83.4 Å². The van der Waals surface area contributed by atoms with Crippen LogP contribution in [0, 0.1) is 6.92 Å². The molecule has 1 aliphatic heterocycles. The first-order valence-electron chi connectivity index (χ1n) is 10.6. The number of furan rings is 1. The quantitative estimate of drug-likeness (QED) is 0.333. The zero-order chi connectivity index (χ0) is 22.9. The maximum atomic E-state index is 6.43.